The Labute approximate surface area is 344 Å². The number of carboxylic acids is 1. The zero-order valence-electron chi connectivity index (χ0n) is 33.7. The number of benzene rings is 2. The maximum absolute atomic E-state index is 14.4. The molecule has 0 bridgehead atoms. The standard InChI is InChI=1S/C45H54NO12P/c1-5-33(47)22-30(13-16-39(50)51)41(52)46-32-8-6-7-28(21-32)20-27-9-11-29(12-10-27)42-57-38-23-35-34-15-14-31-19-26(2)17-18-43(31,3)40(34)36(48)24-44(35,4)45(38,58-42)37(49)25-56-59(53,54)55/h6-12,17-19,21,30,34-36,38,40,42,48H,2,5,13-16,20,22-25H2,1,3-4H3,(H,46,52)(H,50,51)(H2,53,54,55)/t30-,34+,35+,36+,38-,40-,42-,43+,44+,45-/m1/s1. The molecule has 2 aromatic carbocycles. The van der Waals surface area contributed by atoms with Gasteiger partial charge in [0.1, 0.15) is 12.4 Å². The zero-order chi connectivity index (χ0) is 42.5. The monoisotopic (exact) mass is 831 g/mol. The lowest BCUT2D eigenvalue weighted by molar-refractivity contribution is -0.200. The molecule has 59 heavy (non-hydrogen) atoms. The third-order valence-electron chi connectivity index (χ3n) is 13.9. The van der Waals surface area contributed by atoms with Gasteiger partial charge in [-0.2, -0.15) is 0 Å². The fourth-order valence-corrected chi connectivity index (χ4v) is 11.4. The van der Waals surface area contributed by atoms with Gasteiger partial charge in [-0.1, -0.05) is 87.5 Å². The smallest absolute Gasteiger partial charge is 0.470 e. The number of carbonyl (C=O) groups is 4. The van der Waals surface area contributed by atoms with E-state index in [1.165, 1.54) is 5.57 Å². The van der Waals surface area contributed by atoms with Crippen LogP contribution in [0, 0.1) is 34.5 Å². The van der Waals surface area contributed by atoms with Gasteiger partial charge in [-0.3, -0.25) is 23.7 Å². The number of aliphatic hydroxyl groups is 1. The SMILES string of the molecule is C=C1C=C[C@@]2(C)C(=C1)CC[C@@H]1[C@@H]2[C@@H](O)C[C@@]2(C)[C@H]1C[C@H]1O[C@@H](c3ccc(Cc4cccc(NC(=O)[C@H](CCC(=O)O)CC(=O)CC)c4)cc3)O[C@]12C(=O)COP(=O)(O)O. The summed E-state index contributed by atoms with van der Waals surface area (Å²) in [6, 6.07) is 14.8. The van der Waals surface area contributed by atoms with Crippen LogP contribution in [0.3, 0.4) is 0 Å². The summed E-state index contributed by atoms with van der Waals surface area (Å²) in [5.74, 6) is -3.11. The van der Waals surface area contributed by atoms with Crippen LogP contribution < -0.4 is 5.32 Å². The summed E-state index contributed by atoms with van der Waals surface area (Å²) in [5, 5.41) is 24.1. The van der Waals surface area contributed by atoms with E-state index in [9.17, 15) is 38.6 Å². The third kappa shape index (κ3) is 8.23. The van der Waals surface area contributed by atoms with Crippen LogP contribution in [0.2, 0.25) is 0 Å². The van der Waals surface area contributed by atoms with Crippen molar-refractivity contribution in [3.8, 4) is 0 Å². The minimum absolute atomic E-state index is 0.0248. The molecule has 1 amide bonds. The van der Waals surface area contributed by atoms with Gasteiger partial charge in [0.15, 0.2) is 17.7 Å². The average molecular weight is 832 g/mol. The van der Waals surface area contributed by atoms with Gasteiger partial charge >= 0.3 is 13.8 Å². The first-order chi connectivity index (χ1) is 27.9. The number of aliphatic carboxylic acids is 1. The highest BCUT2D eigenvalue weighted by Gasteiger charge is 2.76. The molecule has 14 heteroatoms. The van der Waals surface area contributed by atoms with Crippen molar-refractivity contribution in [2.75, 3.05) is 11.9 Å². The molecule has 0 aromatic heterocycles. The maximum Gasteiger partial charge on any atom is 0.470 e. The predicted molar refractivity (Wildman–Crippen MR) is 217 cm³/mol. The number of phosphoric acid groups is 1. The lowest BCUT2D eigenvalue weighted by atomic mass is 9.46. The van der Waals surface area contributed by atoms with Gasteiger partial charge in [-0.05, 0) is 79.2 Å². The maximum atomic E-state index is 14.4. The summed E-state index contributed by atoms with van der Waals surface area (Å²) in [7, 11) is -5.00. The number of carboxylic acid groups (broad SMARTS) is 1. The van der Waals surface area contributed by atoms with E-state index in [4.69, 9.17) is 19.1 Å². The highest BCUT2D eigenvalue weighted by atomic mass is 31.2. The topological polar surface area (TPSA) is 206 Å². The second kappa shape index (κ2) is 16.4. The number of fused-ring (bicyclic) bond motifs is 7. The van der Waals surface area contributed by atoms with E-state index >= 15 is 0 Å². The molecule has 5 N–H and O–H groups in total. The molecule has 7 rings (SSSR count). The fraction of sp³-hybridized carbons (Fsp3) is 0.511. The van der Waals surface area contributed by atoms with Crippen LogP contribution in [0.25, 0.3) is 0 Å². The number of Topliss-reactive ketones (excluding diaryl/α,β-unsaturated/α-hetero) is 2. The van der Waals surface area contributed by atoms with Crippen LogP contribution in [-0.2, 0) is 44.2 Å². The van der Waals surface area contributed by atoms with E-state index in [0.29, 0.717) is 24.1 Å². The summed E-state index contributed by atoms with van der Waals surface area (Å²) in [5.41, 5.74) is 2.19. The lowest BCUT2D eigenvalue weighted by Crippen LogP contribution is -2.63. The Morgan fingerprint density at radius 3 is 2.53 bits per heavy atom. The molecule has 0 spiro atoms. The number of ether oxygens (including phenoxy) is 2. The number of carbonyl (C=O) groups excluding carboxylic acids is 3. The van der Waals surface area contributed by atoms with Crippen LogP contribution in [-0.4, -0.2) is 67.9 Å². The molecular weight excluding hydrogens is 777 g/mol. The second-order valence-electron chi connectivity index (χ2n) is 17.5. The number of ketones is 2. The van der Waals surface area contributed by atoms with Crippen molar-refractivity contribution in [2.24, 2.45) is 34.5 Å². The third-order valence-corrected chi connectivity index (χ3v) is 14.4. The molecule has 0 radical (unpaired) electrons. The Balaban J connectivity index is 1.09. The molecule has 1 saturated heterocycles. The summed E-state index contributed by atoms with van der Waals surface area (Å²) in [6.45, 7) is 9.06. The number of allylic oxidation sites excluding steroid dienone is 5. The van der Waals surface area contributed by atoms with Crippen molar-refractivity contribution in [1.82, 2.24) is 0 Å². The minimum atomic E-state index is -5.00. The van der Waals surface area contributed by atoms with E-state index in [2.05, 4.69) is 31.0 Å². The van der Waals surface area contributed by atoms with Crippen molar-refractivity contribution in [3.05, 3.63) is 101 Å². The van der Waals surface area contributed by atoms with Crippen molar-refractivity contribution in [1.29, 1.82) is 0 Å². The molecule has 316 valence electrons. The lowest BCUT2D eigenvalue weighted by Gasteiger charge is -2.59. The Bertz CT molecular complexity index is 2130. The molecule has 0 unspecified atom stereocenters. The van der Waals surface area contributed by atoms with Crippen LogP contribution in [0.1, 0.15) is 95.1 Å². The van der Waals surface area contributed by atoms with Crippen molar-refractivity contribution in [3.63, 3.8) is 0 Å². The van der Waals surface area contributed by atoms with Gasteiger partial charge in [-0.25, -0.2) is 4.57 Å². The van der Waals surface area contributed by atoms with Gasteiger partial charge < -0.3 is 34.8 Å². The van der Waals surface area contributed by atoms with E-state index < -0.39 is 67.5 Å². The van der Waals surface area contributed by atoms with Crippen LogP contribution in [0.5, 0.6) is 0 Å². The van der Waals surface area contributed by atoms with Gasteiger partial charge in [0.05, 0.1) is 12.2 Å². The average Bonchev–Trinajstić information content (AvgIpc) is 3.68. The molecule has 5 aliphatic rings. The van der Waals surface area contributed by atoms with E-state index in [1.807, 2.05) is 49.4 Å². The fourth-order valence-electron chi connectivity index (χ4n) is 11.1. The Hall–Kier alpha value is -4.07. The molecule has 13 nitrogen and oxygen atoms in total. The predicted octanol–water partition coefficient (Wildman–Crippen LogP) is 6.77. The van der Waals surface area contributed by atoms with Crippen molar-refractivity contribution >= 4 is 37.0 Å². The summed E-state index contributed by atoms with van der Waals surface area (Å²) in [4.78, 5) is 69.9. The number of hydrogen-bond donors (Lipinski definition) is 5. The van der Waals surface area contributed by atoms with Gasteiger partial charge in [-0.15, -0.1) is 0 Å². The van der Waals surface area contributed by atoms with E-state index in [0.717, 1.165) is 29.5 Å². The summed E-state index contributed by atoms with van der Waals surface area (Å²) >= 11 is 0. The van der Waals surface area contributed by atoms with Crippen LogP contribution >= 0.6 is 7.82 Å². The van der Waals surface area contributed by atoms with Crippen LogP contribution in [0.15, 0.2) is 84.5 Å². The first kappa shape index (κ1) is 43.0. The Morgan fingerprint density at radius 2 is 1.83 bits per heavy atom. The van der Waals surface area contributed by atoms with E-state index in [-0.39, 0.29) is 61.1 Å². The quantitative estimate of drug-likeness (QED) is 0.118. The molecule has 2 aromatic rings. The largest absolute Gasteiger partial charge is 0.481 e. The first-order valence-corrected chi connectivity index (χ1v) is 22.0. The molecule has 4 fully saturated rings. The molecule has 1 aliphatic heterocycles. The van der Waals surface area contributed by atoms with E-state index in [1.54, 1.807) is 19.1 Å². The Kier molecular flexibility index (Phi) is 12.0. The molecular formula is C45H54NO12P. The molecule has 10 atom stereocenters. The van der Waals surface area contributed by atoms with Gasteiger partial charge in [0, 0.05) is 53.2 Å². The number of nitrogens with one attached hydrogen (secondary N) is 1. The minimum Gasteiger partial charge on any atom is -0.481 e. The number of amides is 1. The first-order valence-electron chi connectivity index (χ1n) is 20.4. The number of hydrogen-bond acceptors (Lipinski definition) is 9. The van der Waals surface area contributed by atoms with Crippen LogP contribution in [0.4, 0.5) is 5.69 Å². The summed E-state index contributed by atoms with van der Waals surface area (Å²) < 4.78 is 30.0. The number of phosphoric ester groups is 1. The molecule has 4 aliphatic carbocycles. The van der Waals surface area contributed by atoms with Crippen molar-refractivity contribution < 1.29 is 57.7 Å². The highest BCUT2D eigenvalue weighted by Crippen LogP contribution is 2.70. The van der Waals surface area contributed by atoms with Crippen molar-refractivity contribution in [2.45, 2.75) is 103 Å². The zero-order valence-corrected chi connectivity index (χ0v) is 34.6. The summed E-state index contributed by atoms with van der Waals surface area (Å²) in [6.07, 6.45) is 6.63. The van der Waals surface area contributed by atoms with Gasteiger partial charge in [0.2, 0.25) is 5.91 Å². The Morgan fingerprint density at radius 1 is 1.08 bits per heavy atom. The van der Waals surface area contributed by atoms with Gasteiger partial charge in [0.25, 0.3) is 0 Å². The normalized spacial score (nSPS) is 32.6. The number of aliphatic hydroxyl groups excluding tert-OH is 1. The number of anilines is 1. The molecule has 1 heterocycles. The number of rotatable bonds is 15. The highest BCUT2D eigenvalue weighted by molar-refractivity contribution is 7.46. The molecule has 3 saturated carbocycles. The second-order valence-corrected chi connectivity index (χ2v) is 18.7.